The first kappa shape index (κ1) is 19.6. The summed E-state index contributed by atoms with van der Waals surface area (Å²) < 4.78 is 1.67. The maximum atomic E-state index is 13.3. The molecule has 1 amide bonds. The number of amides is 1. The quantitative estimate of drug-likeness (QED) is 0.463. The Bertz CT molecular complexity index is 1110. The molecule has 0 N–H and O–H groups in total. The van der Waals surface area contributed by atoms with Crippen LogP contribution in [0.25, 0.3) is 5.69 Å². The first-order chi connectivity index (χ1) is 14.7. The van der Waals surface area contributed by atoms with Crippen LogP contribution in [0.4, 0.5) is 0 Å². The van der Waals surface area contributed by atoms with Gasteiger partial charge in [0.2, 0.25) is 5.82 Å². The van der Waals surface area contributed by atoms with E-state index >= 15 is 0 Å². The van der Waals surface area contributed by atoms with Crippen LogP contribution < -0.4 is 0 Å². The number of aromatic nitrogens is 3. The second-order valence-electron chi connectivity index (χ2n) is 7.25. The Labute approximate surface area is 176 Å². The summed E-state index contributed by atoms with van der Waals surface area (Å²) in [5.41, 5.74) is 4.27. The lowest BCUT2D eigenvalue weighted by atomic mass is 10.1. The van der Waals surface area contributed by atoms with E-state index in [2.05, 4.69) is 22.2 Å². The van der Waals surface area contributed by atoms with Crippen LogP contribution in [-0.4, -0.2) is 32.1 Å². The third-order valence-electron chi connectivity index (χ3n) is 5.06. The summed E-state index contributed by atoms with van der Waals surface area (Å²) in [5, 5.41) is 4.47. The molecule has 3 aromatic carbocycles. The molecule has 4 rings (SSSR count). The molecule has 0 atom stereocenters. The molecule has 0 radical (unpaired) electrons. The monoisotopic (exact) mass is 396 g/mol. The zero-order valence-corrected chi connectivity index (χ0v) is 17.0. The summed E-state index contributed by atoms with van der Waals surface area (Å²) in [6.07, 6.45) is 2.38. The van der Waals surface area contributed by atoms with E-state index in [0.717, 1.165) is 23.2 Å². The fourth-order valence-corrected chi connectivity index (χ4v) is 3.40. The van der Waals surface area contributed by atoms with Gasteiger partial charge < -0.3 is 4.90 Å². The lowest BCUT2D eigenvalue weighted by Gasteiger charge is -2.21. The summed E-state index contributed by atoms with van der Waals surface area (Å²) >= 11 is 0. The minimum Gasteiger partial charge on any atom is -0.331 e. The predicted octanol–water partition coefficient (Wildman–Crippen LogP) is 4.46. The average molecular weight is 396 g/mol. The first-order valence-corrected chi connectivity index (χ1v) is 10.1. The van der Waals surface area contributed by atoms with Crippen molar-refractivity contribution < 1.29 is 4.79 Å². The van der Waals surface area contributed by atoms with Crippen LogP contribution in [0.3, 0.4) is 0 Å². The van der Waals surface area contributed by atoms with Crippen molar-refractivity contribution in [1.29, 1.82) is 0 Å². The molecule has 0 aliphatic heterocycles. The Morgan fingerprint density at radius 3 is 2.20 bits per heavy atom. The molecule has 0 unspecified atom stereocenters. The van der Waals surface area contributed by atoms with E-state index in [-0.39, 0.29) is 11.7 Å². The molecule has 0 bridgehead atoms. The summed E-state index contributed by atoms with van der Waals surface area (Å²) in [4.78, 5) is 19.4. The average Bonchev–Trinajstić information content (AvgIpc) is 3.28. The molecule has 0 fully saturated rings. The fourth-order valence-electron chi connectivity index (χ4n) is 3.40. The molecule has 150 valence electrons. The maximum Gasteiger partial charge on any atom is 0.293 e. The second kappa shape index (κ2) is 9.18. The topological polar surface area (TPSA) is 51.0 Å². The highest BCUT2D eigenvalue weighted by molar-refractivity contribution is 5.90. The normalized spacial score (nSPS) is 10.7. The molecule has 1 aromatic heterocycles. The standard InChI is InChI=1S/C25H24N4O/c1-20-10-8-9-15-23(20)29-19-26-24(27-29)25(30)28(18-22-13-6-3-7-14-22)17-16-21-11-4-2-5-12-21/h2-15,19H,16-18H2,1H3. The highest BCUT2D eigenvalue weighted by Crippen LogP contribution is 2.14. The van der Waals surface area contributed by atoms with E-state index in [0.29, 0.717) is 13.1 Å². The smallest absolute Gasteiger partial charge is 0.293 e. The number of para-hydroxylation sites is 1. The Hall–Kier alpha value is -3.73. The number of hydrogen-bond acceptors (Lipinski definition) is 3. The highest BCUT2D eigenvalue weighted by atomic mass is 16.2. The van der Waals surface area contributed by atoms with Gasteiger partial charge in [0.25, 0.3) is 5.91 Å². The molecule has 0 saturated heterocycles. The second-order valence-corrected chi connectivity index (χ2v) is 7.25. The van der Waals surface area contributed by atoms with Gasteiger partial charge in [-0.25, -0.2) is 9.67 Å². The fraction of sp³-hybridized carbons (Fsp3) is 0.160. The number of hydrogen-bond donors (Lipinski definition) is 0. The van der Waals surface area contributed by atoms with Gasteiger partial charge in [-0.3, -0.25) is 4.79 Å². The molecule has 0 spiro atoms. The summed E-state index contributed by atoms with van der Waals surface area (Å²) in [5.74, 6) is 0.0457. The van der Waals surface area contributed by atoms with Crippen molar-refractivity contribution in [3.8, 4) is 5.69 Å². The van der Waals surface area contributed by atoms with Gasteiger partial charge in [0.1, 0.15) is 6.33 Å². The van der Waals surface area contributed by atoms with Crippen LogP contribution in [0.15, 0.2) is 91.3 Å². The van der Waals surface area contributed by atoms with Crippen molar-refractivity contribution in [2.24, 2.45) is 0 Å². The Morgan fingerprint density at radius 1 is 0.867 bits per heavy atom. The molecule has 30 heavy (non-hydrogen) atoms. The third kappa shape index (κ3) is 4.63. The number of rotatable bonds is 7. The van der Waals surface area contributed by atoms with Crippen LogP contribution in [-0.2, 0) is 13.0 Å². The number of aryl methyl sites for hydroxylation is 1. The Kier molecular flexibility index (Phi) is 5.99. The number of carbonyl (C=O) groups excluding carboxylic acids is 1. The van der Waals surface area contributed by atoms with Gasteiger partial charge in [-0.15, -0.1) is 5.10 Å². The SMILES string of the molecule is Cc1ccccc1-n1cnc(C(=O)N(CCc2ccccc2)Cc2ccccc2)n1. The first-order valence-electron chi connectivity index (χ1n) is 10.1. The van der Waals surface area contributed by atoms with Crippen molar-refractivity contribution >= 4 is 5.91 Å². The molecule has 0 aliphatic rings. The van der Waals surface area contributed by atoms with Crippen LogP contribution >= 0.6 is 0 Å². The lowest BCUT2D eigenvalue weighted by molar-refractivity contribution is 0.0733. The molecule has 5 nitrogen and oxygen atoms in total. The van der Waals surface area contributed by atoms with Crippen molar-refractivity contribution in [1.82, 2.24) is 19.7 Å². The van der Waals surface area contributed by atoms with Crippen molar-refractivity contribution in [2.45, 2.75) is 19.9 Å². The zero-order chi connectivity index (χ0) is 20.8. The van der Waals surface area contributed by atoms with E-state index in [9.17, 15) is 4.79 Å². The molecule has 0 saturated carbocycles. The van der Waals surface area contributed by atoms with Crippen LogP contribution in [0.2, 0.25) is 0 Å². The molecule has 0 aliphatic carbocycles. The third-order valence-corrected chi connectivity index (χ3v) is 5.06. The van der Waals surface area contributed by atoms with Gasteiger partial charge >= 0.3 is 0 Å². The van der Waals surface area contributed by atoms with E-state index in [1.807, 2.05) is 84.6 Å². The minimum absolute atomic E-state index is 0.165. The summed E-state index contributed by atoms with van der Waals surface area (Å²) in [7, 11) is 0. The summed E-state index contributed by atoms with van der Waals surface area (Å²) in [6.45, 7) is 3.13. The van der Waals surface area contributed by atoms with E-state index in [1.165, 1.54) is 5.56 Å². The van der Waals surface area contributed by atoms with Gasteiger partial charge in [0, 0.05) is 13.1 Å². The Morgan fingerprint density at radius 2 is 1.50 bits per heavy atom. The van der Waals surface area contributed by atoms with Gasteiger partial charge in [0.15, 0.2) is 0 Å². The van der Waals surface area contributed by atoms with E-state index in [1.54, 1.807) is 11.0 Å². The molecular weight excluding hydrogens is 372 g/mol. The molecule has 1 heterocycles. The highest BCUT2D eigenvalue weighted by Gasteiger charge is 2.21. The van der Waals surface area contributed by atoms with Crippen molar-refractivity contribution in [2.75, 3.05) is 6.54 Å². The van der Waals surface area contributed by atoms with Gasteiger partial charge in [-0.2, -0.15) is 0 Å². The number of nitrogens with zero attached hydrogens (tertiary/aromatic N) is 4. The van der Waals surface area contributed by atoms with Crippen LogP contribution in [0.1, 0.15) is 27.3 Å². The van der Waals surface area contributed by atoms with Crippen molar-refractivity contribution in [3.63, 3.8) is 0 Å². The zero-order valence-electron chi connectivity index (χ0n) is 17.0. The summed E-state index contributed by atoms with van der Waals surface area (Å²) in [6, 6.07) is 28.1. The van der Waals surface area contributed by atoms with Gasteiger partial charge in [-0.05, 0) is 36.1 Å². The van der Waals surface area contributed by atoms with Crippen molar-refractivity contribution in [3.05, 3.63) is 114 Å². The van der Waals surface area contributed by atoms with Gasteiger partial charge in [0.05, 0.1) is 5.69 Å². The van der Waals surface area contributed by atoms with E-state index < -0.39 is 0 Å². The Balaban J connectivity index is 1.56. The molecule has 5 heteroatoms. The maximum absolute atomic E-state index is 13.3. The predicted molar refractivity (Wildman–Crippen MR) is 117 cm³/mol. The lowest BCUT2D eigenvalue weighted by Crippen LogP contribution is -2.33. The van der Waals surface area contributed by atoms with Gasteiger partial charge in [-0.1, -0.05) is 78.9 Å². The molecule has 4 aromatic rings. The number of carbonyl (C=O) groups is 1. The van der Waals surface area contributed by atoms with Crippen LogP contribution in [0.5, 0.6) is 0 Å². The largest absolute Gasteiger partial charge is 0.331 e. The minimum atomic E-state index is -0.165. The van der Waals surface area contributed by atoms with Crippen LogP contribution in [0, 0.1) is 6.92 Å². The van der Waals surface area contributed by atoms with E-state index in [4.69, 9.17) is 0 Å². The number of benzene rings is 3. The molecular formula is C25H24N4O.